The number of hydrogen-bond acceptors (Lipinski definition) is 6. The van der Waals surface area contributed by atoms with E-state index in [2.05, 4.69) is 15.2 Å². The molecule has 184 valence electrons. The van der Waals surface area contributed by atoms with Crippen LogP contribution in [0, 0.1) is 5.92 Å². The Morgan fingerprint density at radius 3 is 2.40 bits per heavy atom. The van der Waals surface area contributed by atoms with E-state index < -0.39 is 11.7 Å². The SMILES string of the molecule is CCN(C)C(=O)C1CCN(c2nnc(-c3ccc(C(F)(F)F)cc3)c(-c3ccncc3Cl)n2)CC1. The summed E-state index contributed by atoms with van der Waals surface area (Å²) in [6.45, 7) is 3.77. The van der Waals surface area contributed by atoms with Gasteiger partial charge in [0.05, 0.1) is 10.6 Å². The number of benzene rings is 1. The minimum atomic E-state index is -4.44. The molecule has 0 bridgehead atoms. The Morgan fingerprint density at radius 2 is 1.80 bits per heavy atom. The minimum absolute atomic E-state index is 0.0512. The highest BCUT2D eigenvalue weighted by Crippen LogP contribution is 2.36. The average Bonchev–Trinajstić information content (AvgIpc) is 2.87. The monoisotopic (exact) mass is 504 g/mol. The van der Waals surface area contributed by atoms with Gasteiger partial charge in [-0.2, -0.15) is 13.2 Å². The summed E-state index contributed by atoms with van der Waals surface area (Å²) < 4.78 is 39.1. The first-order valence-electron chi connectivity index (χ1n) is 11.2. The van der Waals surface area contributed by atoms with E-state index in [0.717, 1.165) is 12.1 Å². The van der Waals surface area contributed by atoms with E-state index in [0.29, 0.717) is 66.0 Å². The topological polar surface area (TPSA) is 75.1 Å². The molecule has 0 aliphatic carbocycles. The molecule has 1 aliphatic rings. The van der Waals surface area contributed by atoms with Crippen molar-refractivity contribution in [2.75, 3.05) is 31.6 Å². The van der Waals surface area contributed by atoms with Crippen LogP contribution in [0.3, 0.4) is 0 Å². The Balaban J connectivity index is 1.66. The summed E-state index contributed by atoms with van der Waals surface area (Å²) in [4.78, 5) is 24.9. The van der Waals surface area contributed by atoms with Crippen LogP contribution in [0.15, 0.2) is 42.7 Å². The zero-order chi connectivity index (χ0) is 25.2. The third-order valence-electron chi connectivity index (χ3n) is 6.17. The van der Waals surface area contributed by atoms with Crippen molar-refractivity contribution in [2.45, 2.75) is 25.9 Å². The number of carbonyl (C=O) groups is 1. The van der Waals surface area contributed by atoms with Crippen LogP contribution < -0.4 is 4.90 Å². The highest BCUT2D eigenvalue weighted by Gasteiger charge is 2.31. The fraction of sp³-hybridized carbons (Fsp3) is 0.375. The summed E-state index contributed by atoms with van der Waals surface area (Å²) in [7, 11) is 1.80. The van der Waals surface area contributed by atoms with Gasteiger partial charge in [0.2, 0.25) is 11.9 Å². The van der Waals surface area contributed by atoms with Gasteiger partial charge in [0.1, 0.15) is 11.4 Å². The number of alkyl halides is 3. The van der Waals surface area contributed by atoms with Crippen LogP contribution in [-0.2, 0) is 11.0 Å². The molecule has 1 saturated heterocycles. The summed E-state index contributed by atoms with van der Waals surface area (Å²) in [5.74, 6) is 0.455. The van der Waals surface area contributed by atoms with Crippen LogP contribution >= 0.6 is 11.6 Å². The highest BCUT2D eigenvalue weighted by atomic mass is 35.5. The van der Waals surface area contributed by atoms with Crippen LogP contribution in [0.4, 0.5) is 19.1 Å². The van der Waals surface area contributed by atoms with Gasteiger partial charge in [-0.1, -0.05) is 23.7 Å². The van der Waals surface area contributed by atoms with E-state index in [1.807, 2.05) is 11.8 Å². The summed E-state index contributed by atoms with van der Waals surface area (Å²) in [5.41, 5.74) is 0.923. The lowest BCUT2D eigenvalue weighted by atomic mass is 9.95. The van der Waals surface area contributed by atoms with Crippen LogP contribution in [-0.4, -0.2) is 57.7 Å². The van der Waals surface area contributed by atoms with E-state index in [1.54, 1.807) is 24.2 Å². The van der Waals surface area contributed by atoms with E-state index in [-0.39, 0.29) is 11.8 Å². The van der Waals surface area contributed by atoms with E-state index in [4.69, 9.17) is 16.6 Å². The van der Waals surface area contributed by atoms with Crippen molar-refractivity contribution >= 4 is 23.5 Å². The van der Waals surface area contributed by atoms with Crippen molar-refractivity contribution in [3.05, 3.63) is 53.3 Å². The molecule has 1 aromatic carbocycles. The van der Waals surface area contributed by atoms with Crippen molar-refractivity contribution in [1.82, 2.24) is 25.1 Å². The summed E-state index contributed by atoms with van der Waals surface area (Å²) in [5, 5.41) is 8.95. The van der Waals surface area contributed by atoms with Gasteiger partial charge in [-0.05, 0) is 38.0 Å². The fourth-order valence-electron chi connectivity index (χ4n) is 4.01. The standard InChI is InChI=1S/C24H24ClF3N6O/c1-3-33(2)22(35)16-9-12-34(13-10-16)23-30-21(18-8-11-29-14-19(18)25)20(31-32-23)15-4-6-17(7-5-15)24(26,27)28/h4-8,11,14,16H,3,9-10,12-13H2,1-2H3. The lowest BCUT2D eigenvalue weighted by Crippen LogP contribution is -2.41. The maximum Gasteiger partial charge on any atom is 0.416 e. The number of anilines is 1. The Labute approximate surface area is 206 Å². The smallest absolute Gasteiger partial charge is 0.346 e. The number of halogens is 4. The molecule has 1 amide bonds. The third kappa shape index (κ3) is 5.37. The second-order valence-corrected chi connectivity index (χ2v) is 8.76. The van der Waals surface area contributed by atoms with Crippen molar-refractivity contribution < 1.29 is 18.0 Å². The minimum Gasteiger partial charge on any atom is -0.346 e. The molecule has 7 nitrogen and oxygen atoms in total. The maximum absolute atomic E-state index is 13.0. The second kappa shape index (κ2) is 10.2. The van der Waals surface area contributed by atoms with Gasteiger partial charge < -0.3 is 9.80 Å². The predicted octanol–water partition coefficient (Wildman–Crippen LogP) is 4.97. The number of rotatable bonds is 5. The second-order valence-electron chi connectivity index (χ2n) is 8.35. The molecule has 3 heterocycles. The van der Waals surface area contributed by atoms with E-state index >= 15 is 0 Å². The van der Waals surface area contributed by atoms with Crippen molar-refractivity contribution in [3.8, 4) is 22.5 Å². The highest BCUT2D eigenvalue weighted by molar-refractivity contribution is 6.33. The van der Waals surface area contributed by atoms with Crippen molar-refractivity contribution in [1.29, 1.82) is 0 Å². The maximum atomic E-state index is 13.0. The quantitative estimate of drug-likeness (QED) is 0.488. The van der Waals surface area contributed by atoms with Gasteiger partial charge in [-0.25, -0.2) is 4.98 Å². The Morgan fingerprint density at radius 1 is 1.11 bits per heavy atom. The lowest BCUT2D eigenvalue weighted by molar-refractivity contribution is -0.137. The molecular weight excluding hydrogens is 481 g/mol. The van der Waals surface area contributed by atoms with Crippen molar-refractivity contribution in [2.24, 2.45) is 5.92 Å². The summed E-state index contributed by atoms with van der Waals surface area (Å²) in [6.07, 6.45) is -0.0859. The molecule has 4 rings (SSSR count). The zero-order valence-electron chi connectivity index (χ0n) is 19.3. The molecule has 0 radical (unpaired) electrons. The molecule has 35 heavy (non-hydrogen) atoms. The van der Waals surface area contributed by atoms with Crippen LogP contribution in [0.2, 0.25) is 5.02 Å². The number of amides is 1. The molecule has 0 unspecified atom stereocenters. The van der Waals surface area contributed by atoms with Crippen LogP contribution in [0.5, 0.6) is 0 Å². The van der Waals surface area contributed by atoms with Gasteiger partial charge in [0, 0.05) is 56.1 Å². The molecule has 0 N–H and O–H groups in total. The molecule has 0 atom stereocenters. The molecule has 1 fully saturated rings. The number of hydrogen-bond donors (Lipinski definition) is 0. The summed E-state index contributed by atoms with van der Waals surface area (Å²) >= 11 is 6.38. The third-order valence-corrected chi connectivity index (χ3v) is 6.47. The molecule has 0 spiro atoms. The van der Waals surface area contributed by atoms with Gasteiger partial charge in [0.25, 0.3) is 0 Å². The lowest BCUT2D eigenvalue weighted by Gasteiger charge is -2.33. The molecule has 11 heteroatoms. The Bertz CT molecular complexity index is 1200. The van der Waals surface area contributed by atoms with Crippen molar-refractivity contribution in [3.63, 3.8) is 0 Å². The summed E-state index contributed by atoms with van der Waals surface area (Å²) in [6, 6.07) is 6.35. The number of piperidine rings is 1. The molecular formula is C24H24ClF3N6O. The Kier molecular flexibility index (Phi) is 7.20. The average molecular weight is 505 g/mol. The first-order chi connectivity index (χ1) is 16.7. The van der Waals surface area contributed by atoms with Crippen LogP contribution in [0.25, 0.3) is 22.5 Å². The normalized spacial score (nSPS) is 14.7. The molecule has 2 aromatic heterocycles. The predicted molar refractivity (Wildman–Crippen MR) is 127 cm³/mol. The van der Waals surface area contributed by atoms with Gasteiger partial charge in [-0.15, -0.1) is 10.2 Å². The van der Waals surface area contributed by atoms with Crippen LogP contribution in [0.1, 0.15) is 25.3 Å². The number of pyridine rings is 1. The van der Waals surface area contributed by atoms with E-state index in [9.17, 15) is 18.0 Å². The molecule has 1 aliphatic heterocycles. The number of carbonyl (C=O) groups excluding carboxylic acids is 1. The van der Waals surface area contributed by atoms with Gasteiger partial charge in [0.15, 0.2) is 0 Å². The van der Waals surface area contributed by atoms with Gasteiger partial charge in [-0.3, -0.25) is 9.78 Å². The fourth-order valence-corrected chi connectivity index (χ4v) is 4.22. The first-order valence-corrected chi connectivity index (χ1v) is 11.6. The zero-order valence-corrected chi connectivity index (χ0v) is 20.0. The molecule has 3 aromatic rings. The largest absolute Gasteiger partial charge is 0.416 e. The van der Waals surface area contributed by atoms with E-state index in [1.165, 1.54) is 18.3 Å². The van der Waals surface area contributed by atoms with Gasteiger partial charge >= 0.3 is 6.18 Å². The number of aromatic nitrogens is 4. The molecule has 0 saturated carbocycles. The first kappa shape index (κ1) is 24.8. The number of nitrogens with zero attached hydrogens (tertiary/aromatic N) is 6. The Hall–Kier alpha value is -3.27.